The lowest BCUT2D eigenvalue weighted by molar-refractivity contribution is 0.614. The van der Waals surface area contributed by atoms with E-state index >= 15 is 0 Å². The smallest absolute Gasteiger partial charge is 0.128 e. The maximum absolute atomic E-state index is 13.6. The SMILES string of the molecule is Cc1cccc(Cc2c(F)cccc2Cl)c1. The van der Waals surface area contributed by atoms with Gasteiger partial charge < -0.3 is 0 Å². The molecule has 0 saturated heterocycles. The highest BCUT2D eigenvalue weighted by Crippen LogP contribution is 2.22. The Balaban J connectivity index is 2.34. The summed E-state index contributed by atoms with van der Waals surface area (Å²) in [6, 6.07) is 12.8. The average Bonchev–Trinajstić information content (AvgIpc) is 2.24. The van der Waals surface area contributed by atoms with Gasteiger partial charge in [-0.3, -0.25) is 0 Å². The molecule has 0 bridgehead atoms. The molecule has 82 valence electrons. The number of rotatable bonds is 2. The lowest BCUT2D eigenvalue weighted by Crippen LogP contribution is -1.94. The molecule has 0 aliphatic rings. The van der Waals surface area contributed by atoms with Crippen molar-refractivity contribution in [1.29, 1.82) is 0 Å². The van der Waals surface area contributed by atoms with Crippen LogP contribution in [0, 0.1) is 12.7 Å². The molecular formula is C14H12ClF. The fourth-order valence-electron chi connectivity index (χ4n) is 1.73. The molecule has 2 rings (SSSR count). The molecule has 0 saturated carbocycles. The molecule has 0 spiro atoms. The van der Waals surface area contributed by atoms with Gasteiger partial charge in [-0.25, -0.2) is 4.39 Å². The summed E-state index contributed by atoms with van der Waals surface area (Å²) in [6.07, 6.45) is 0.535. The van der Waals surface area contributed by atoms with Crippen LogP contribution < -0.4 is 0 Å². The van der Waals surface area contributed by atoms with Crippen LogP contribution in [-0.4, -0.2) is 0 Å². The Kier molecular flexibility index (Phi) is 3.25. The summed E-state index contributed by atoms with van der Waals surface area (Å²) in [4.78, 5) is 0. The van der Waals surface area contributed by atoms with Crippen LogP contribution in [0.1, 0.15) is 16.7 Å². The van der Waals surface area contributed by atoms with E-state index < -0.39 is 0 Å². The largest absolute Gasteiger partial charge is 0.207 e. The van der Waals surface area contributed by atoms with E-state index in [0.717, 1.165) is 5.56 Å². The highest BCUT2D eigenvalue weighted by Gasteiger charge is 2.07. The Labute approximate surface area is 99.7 Å². The van der Waals surface area contributed by atoms with Crippen molar-refractivity contribution in [3.05, 3.63) is 70.0 Å². The van der Waals surface area contributed by atoms with Crippen molar-refractivity contribution in [3.8, 4) is 0 Å². The van der Waals surface area contributed by atoms with Crippen LogP contribution in [0.15, 0.2) is 42.5 Å². The van der Waals surface area contributed by atoms with E-state index in [-0.39, 0.29) is 5.82 Å². The highest BCUT2D eigenvalue weighted by molar-refractivity contribution is 6.31. The van der Waals surface area contributed by atoms with Gasteiger partial charge in [0, 0.05) is 17.0 Å². The van der Waals surface area contributed by atoms with E-state index in [1.807, 2.05) is 31.2 Å². The number of hydrogen-bond donors (Lipinski definition) is 0. The molecule has 2 heteroatoms. The number of aryl methyl sites for hydroxylation is 1. The Morgan fingerprint density at radius 1 is 1.12 bits per heavy atom. The van der Waals surface area contributed by atoms with Crippen LogP contribution in [0.25, 0.3) is 0 Å². The standard InChI is InChI=1S/C14H12ClF/c1-10-4-2-5-11(8-10)9-12-13(15)6-3-7-14(12)16/h2-8H,9H2,1H3. The van der Waals surface area contributed by atoms with Gasteiger partial charge in [-0.2, -0.15) is 0 Å². The molecule has 0 fully saturated rings. The minimum atomic E-state index is -0.242. The van der Waals surface area contributed by atoms with Crippen LogP contribution in [0.4, 0.5) is 4.39 Å². The van der Waals surface area contributed by atoms with Crippen molar-refractivity contribution in [1.82, 2.24) is 0 Å². The van der Waals surface area contributed by atoms with Gasteiger partial charge >= 0.3 is 0 Å². The fourth-order valence-corrected chi connectivity index (χ4v) is 1.96. The molecule has 16 heavy (non-hydrogen) atoms. The van der Waals surface area contributed by atoms with Crippen LogP contribution >= 0.6 is 11.6 Å². The summed E-state index contributed by atoms with van der Waals surface area (Å²) < 4.78 is 13.6. The van der Waals surface area contributed by atoms with Crippen molar-refractivity contribution >= 4 is 11.6 Å². The van der Waals surface area contributed by atoms with Crippen molar-refractivity contribution in [2.45, 2.75) is 13.3 Å². The number of halogens is 2. The van der Waals surface area contributed by atoms with Crippen molar-refractivity contribution < 1.29 is 4.39 Å². The van der Waals surface area contributed by atoms with E-state index in [1.165, 1.54) is 11.6 Å². The number of benzene rings is 2. The van der Waals surface area contributed by atoms with Crippen LogP contribution in [0.2, 0.25) is 5.02 Å². The van der Waals surface area contributed by atoms with Gasteiger partial charge in [-0.1, -0.05) is 47.5 Å². The summed E-state index contributed by atoms with van der Waals surface area (Å²) in [7, 11) is 0. The second-order valence-electron chi connectivity index (χ2n) is 3.87. The molecule has 0 unspecified atom stereocenters. The molecule has 2 aromatic carbocycles. The molecular weight excluding hydrogens is 223 g/mol. The molecule has 0 N–H and O–H groups in total. The van der Waals surface area contributed by atoms with Gasteiger partial charge in [-0.15, -0.1) is 0 Å². The van der Waals surface area contributed by atoms with Gasteiger partial charge in [0.05, 0.1) is 0 Å². The summed E-state index contributed by atoms with van der Waals surface area (Å²) in [5.74, 6) is -0.242. The van der Waals surface area contributed by atoms with E-state index in [4.69, 9.17) is 11.6 Å². The Morgan fingerprint density at radius 3 is 2.56 bits per heavy atom. The van der Waals surface area contributed by atoms with Gasteiger partial charge in [0.15, 0.2) is 0 Å². The second kappa shape index (κ2) is 4.67. The Bertz CT molecular complexity index is 486. The van der Waals surface area contributed by atoms with E-state index in [1.54, 1.807) is 12.1 Å². The zero-order chi connectivity index (χ0) is 11.5. The maximum atomic E-state index is 13.6. The predicted octanol–water partition coefficient (Wildman–Crippen LogP) is 4.38. The monoisotopic (exact) mass is 234 g/mol. The molecule has 2 aromatic rings. The van der Waals surface area contributed by atoms with Crippen molar-refractivity contribution in [2.75, 3.05) is 0 Å². The fraction of sp³-hybridized carbons (Fsp3) is 0.143. The first kappa shape index (κ1) is 11.2. The lowest BCUT2D eigenvalue weighted by Gasteiger charge is -2.06. The predicted molar refractivity (Wildman–Crippen MR) is 65.4 cm³/mol. The first-order valence-corrected chi connectivity index (χ1v) is 5.53. The van der Waals surface area contributed by atoms with Gasteiger partial charge in [0.2, 0.25) is 0 Å². The summed E-state index contributed by atoms with van der Waals surface area (Å²) in [6.45, 7) is 2.02. The zero-order valence-corrected chi connectivity index (χ0v) is 9.76. The molecule has 0 aliphatic heterocycles. The van der Waals surface area contributed by atoms with Crippen LogP contribution in [0.5, 0.6) is 0 Å². The third kappa shape index (κ3) is 2.42. The third-order valence-electron chi connectivity index (χ3n) is 2.53. The van der Waals surface area contributed by atoms with Gasteiger partial charge in [0.1, 0.15) is 5.82 Å². The van der Waals surface area contributed by atoms with Crippen molar-refractivity contribution in [3.63, 3.8) is 0 Å². The summed E-state index contributed by atoms with van der Waals surface area (Å²) in [5, 5.41) is 0.488. The van der Waals surface area contributed by atoms with Gasteiger partial charge in [0.25, 0.3) is 0 Å². The molecule has 0 aromatic heterocycles. The second-order valence-corrected chi connectivity index (χ2v) is 4.27. The van der Waals surface area contributed by atoms with Crippen LogP contribution in [0.3, 0.4) is 0 Å². The lowest BCUT2D eigenvalue weighted by atomic mass is 10.0. The van der Waals surface area contributed by atoms with E-state index in [0.29, 0.717) is 17.0 Å². The van der Waals surface area contributed by atoms with E-state index in [2.05, 4.69) is 0 Å². The summed E-state index contributed by atoms with van der Waals surface area (Å²) in [5.41, 5.74) is 2.81. The molecule has 0 heterocycles. The Hall–Kier alpha value is -1.34. The van der Waals surface area contributed by atoms with Crippen LogP contribution in [-0.2, 0) is 6.42 Å². The summed E-state index contributed by atoms with van der Waals surface area (Å²) >= 11 is 5.98. The molecule has 0 amide bonds. The maximum Gasteiger partial charge on any atom is 0.128 e. The Morgan fingerprint density at radius 2 is 1.88 bits per heavy atom. The number of hydrogen-bond acceptors (Lipinski definition) is 0. The van der Waals surface area contributed by atoms with Gasteiger partial charge in [-0.05, 0) is 24.6 Å². The molecule has 0 atom stereocenters. The minimum Gasteiger partial charge on any atom is -0.207 e. The first-order chi connectivity index (χ1) is 7.66. The first-order valence-electron chi connectivity index (χ1n) is 5.15. The quantitative estimate of drug-likeness (QED) is 0.724. The highest BCUT2D eigenvalue weighted by atomic mass is 35.5. The van der Waals surface area contributed by atoms with Crippen molar-refractivity contribution in [2.24, 2.45) is 0 Å². The topological polar surface area (TPSA) is 0 Å². The normalized spacial score (nSPS) is 10.4. The minimum absolute atomic E-state index is 0.242. The molecule has 0 nitrogen and oxygen atoms in total. The molecule has 0 radical (unpaired) electrons. The molecule has 0 aliphatic carbocycles. The average molecular weight is 235 g/mol. The zero-order valence-electron chi connectivity index (χ0n) is 9.00. The van der Waals surface area contributed by atoms with E-state index in [9.17, 15) is 4.39 Å². The third-order valence-corrected chi connectivity index (χ3v) is 2.88.